The lowest BCUT2D eigenvalue weighted by molar-refractivity contribution is -0.275. The average molecular weight is 289 g/mol. The monoisotopic (exact) mass is 289 g/mol. The molecule has 0 bridgehead atoms. The first-order valence-corrected chi connectivity index (χ1v) is 7.30. The molecule has 0 aromatic rings. The van der Waals surface area contributed by atoms with Crippen LogP contribution in [0.3, 0.4) is 0 Å². The molecular weight excluding hydrogens is 262 g/mol. The summed E-state index contributed by atoms with van der Waals surface area (Å²) in [5.41, 5.74) is 6.05. The summed E-state index contributed by atoms with van der Waals surface area (Å²) in [7, 11) is 3.38. The number of rotatable bonds is 4. The van der Waals surface area contributed by atoms with E-state index in [4.69, 9.17) is 29.4 Å². The standard InChI is InChI=1S/C14H27NO5/c1-8-13(15)11(17-4)7-12(19-8)20-14-9(2)18-6-5-10(14)16-3/h8-14H,5-7,15H2,1-4H3/t8?,9?,10?,11?,12-,13-,14-/m0/s1. The third-order valence-corrected chi connectivity index (χ3v) is 4.29. The van der Waals surface area contributed by atoms with Crippen LogP contribution in [-0.4, -0.2) is 63.7 Å². The van der Waals surface area contributed by atoms with Crippen LogP contribution in [0, 0.1) is 0 Å². The van der Waals surface area contributed by atoms with Crippen LogP contribution in [0.15, 0.2) is 0 Å². The lowest BCUT2D eigenvalue weighted by Crippen LogP contribution is -2.55. The minimum atomic E-state index is -0.332. The van der Waals surface area contributed by atoms with Gasteiger partial charge in [-0.25, -0.2) is 0 Å². The Balaban J connectivity index is 1.97. The summed E-state index contributed by atoms with van der Waals surface area (Å²) >= 11 is 0. The van der Waals surface area contributed by atoms with Gasteiger partial charge in [-0.1, -0.05) is 0 Å². The number of ether oxygens (including phenoxy) is 5. The van der Waals surface area contributed by atoms with Gasteiger partial charge in [-0.05, 0) is 20.3 Å². The van der Waals surface area contributed by atoms with E-state index >= 15 is 0 Å². The second kappa shape index (κ2) is 7.15. The van der Waals surface area contributed by atoms with E-state index in [2.05, 4.69) is 0 Å². The molecule has 0 spiro atoms. The summed E-state index contributed by atoms with van der Waals surface area (Å²) < 4.78 is 28.5. The molecule has 2 aliphatic heterocycles. The molecule has 2 N–H and O–H groups in total. The van der Waals surface area contributed by atoms with Crippen LogP contribution in [0.4, 0.5) is 0 Å². The molecule has 0 radical (unpaired) electrons. The molecule has 6 nitrogen and oxygen atoms in total. The van der Waals surface area contributed by atoms with E-state index in [-0.39, 0.29) is 42.9 Å². The maximum Gasteiger partial charge on any atom is 0.161 e. The van der Waals surface area contributed by atoms with Crippen LogP contribution < -0.4 is 5.73 Å². The van der Waals surface area contributed by atoms with Crippen molar-refractivity contribution in [2.24, 2.45) is 5.73 Å². The van der Waals surface area contributed by atoms with Gasteiger partial charge in [-0.2, -0.15) is 0 Å². The zero-order valence-corrected chi connectivity index (χ0v) is 12.8. The van der Waals surface area contributed by atoms with E-state index in [1.54, 1.807) is 14.2 Å². The van der Waals surface area contributed by atoms with E-state index in [0.29, 0.717) is 13.0 Å². The van der Waals surface area contributed by atoms with E-state index in [1.807, 2.05) is 13.8 Å². The highest BCUT2D eigenvalue weighted by atomic mass is 16.7. The minimum absolute atomic E-state index is 0.01000. The molecule has 118 valence electrons. The average Bonchev–Trinajstić information content (AvgIpc) is 2.44. The molecule has 2 rings (SSSR count). The van der Waals surface area contributed by atoms with E-state index in [0.717, 1.165) is 6.42 Å². The number of methoxy groups -OCH3 is 2. The van der Waals surface area contributed by atoms with Crippen molar-refractivity contribution in [1.82, 2.24) is 0 Å². The maximum absolute atomic E-state index is 6.09. The summed E-state index contributed by atoms with van der Waals surface area (Å²) in [6.45, 7) is 4.65. The molecule has 0 aromatic heterocycles. The molecule has 2 saturated heterocycles. The van der Waals surface area contributed by atoms with Gasteiger partial charge in [0.15, 0.2) is 6.29 Å². The molecule has 6 heteroatoms. The van der Waals surface area contributed by atoms with Crippen LogP contribution in [0.2, 0.25) is 0 Å². The Labute approximate surface area is 120 Å². The van der Waals surface area contributed by atoms with Gasteiger partial charge in [0.05, 0.1) is 30.5 Å². The van der Waals surface area contributed by atoms with E-state index < -0.39 is 0 Å². The molecule has 0 amide bonds. The van der Waals surface area contributed by atoms with Crippen molar-refractivity contribution in [2.45, 2.75) is 69.5 Å². The normalized spacial score (nSPS) is 46.4. The quantitative estimate of drug-likeness (QED) is 0.820. The highest BCUT2D eigenvalue weighted by Crippen LogP contribution is 2.27. The largest absolute Gasteiger partial charge is 0.380 e. The summed E-state index contributed by atoms with van der Waals surface area (Å²) in [6.07, 6.45) is 0.879. The van der Waals surface area contributed by atoms with Gasteiger partial charge in [0, 0.05) is 27.2 Å². The number of hydrogen-bond donors (Lipinski definition) is 1. The Morgan fingerprint density at radius 3 is 2.40 bits per heavy atom. The van der Waals surface area contributed by atoms with Crippen LogP contribution in [0.25, 0.3) is 0 Å². The molecule has 7 atom stereocenters. The fourth-order valence-electron chi connectivity index (χ4n) is 2.93. The van der Waals surface area contributed by atoms with Gasteiger partial charge >= 0.3 is 0 Å². The molecule has 20 heavy (non-hydrogen) atoms. The van der Waals surface area contributed by atoms with Crippen molar-refractivity contribution < 1.29 is 23.7 Å². The first-order chi connectivity index (χ1) is 9.56. The number of hydrogen-bond acceptors (Lipinski definition) is 6. The maximum atomic E-state index is 6.09. The fourth-order valence-corrected chi connectivity index (χ4v) is 2.93. The Hall–Kier alpha value is -0.240. The molecule has 0 aromatic carbocycles. The smallest absolute Gasteiger partial charge is 0.161 e. The predicted octanol–water partition coefficient (Wildman–Crippen LogP) is 0.673. The zero-order valence-electron chi connectivity index (χ0n) is 12.8. The minimum Gasteiger partial charge on any atom is -0.380 e. The highest BCUT2D eigenvalue weighted by molar-refractivity contribution is 4.87. The van der Waals surface area contributed by atoms with Crippen molar-refractivity contribution in [3.8, 4) is 0 Å². The van der Waals surface area contributed by atoms with Crippen molar-refractivity contribution in [2.75, 3.05) is 20.8 Å². The Morgan fingerprint density at radius 1 is 1.05 bits per heavy atom. The van der Waals surface area contributed by atoms with Gasteiger partial charge in [0.25, 0.3) is 0 Å². The first kappa shape index (κ1) is 16.1. The van der Waals surface area contributed by atoms with Crippen LogP contribution in [0.5, 0.6) is 0 Å². The van der Waals surface area contributed by atoms with E-state index in [9.17, 15) is 0 Å². The Kier molecular flexibility index (Phi) is 5.77. The second-order valence-corrected chi connectivity index (χ2v) is 5.60. The fraction of sp³-hybridized carbons (Fsp3) is 1.00. The zero-order chi connectivity index (χ0) is 14.7. The summed E-state index contributed by atoms with van der Waals surface area (Å²) in [5.74, 6) is 0. The van der Waals surface area contributed by atoms with Crippen LogP contribution in [0.1, 0.15) is 26.7 Å². The molecule has 4 unspecified atom stereocenters. The number of nitrogens with two attached hydrogens (primary N) is 1. The Morgan fingerprint density at radius 2 is 1.75 bits per heavy atom. The van der Waals surface area contributed by atoms with Crippen LogP contribution >= 0.6 is 0 Å². The molecule has 0 aliphatic carbocycles. The molecule has 2 aliphatic rings. The molecular formula is C14H27NO5. The van der Waals surface area contributed by atoms with Crippen molar-refractivity contribution >= 4 is 0 Å². The third-order valence-electron chi connectivity index (χ3n) is 4.29. The SMILES string of the molecule is COC1C[C@H](O[C@H]2C(C)OCCC2OC)OC(C)[C@@H]1N. The lowest BCUT2D eigenvalue weighted by atomic mass is 9.99. The predicted molar refractivity (Wildman–Crippen MR) is 73.4 cm³/mol. The molecule has 2 heterocycles. The van der Waals surface area contributed by atoms with Crippen molar-refractivity contribution in [3.05, 3.63) is 0 Å². The second-order valence-electron chi connectivity index (χ2n) is 5.60. The van der Waals surface area contributed by atoms with Crippen LogP contribution in [-0.2, 0) is 23.7 Å². The molecule has 2 fully saturated rings. The van der Waals surface area contributed by atoms with Crippen molar-refractivity contribution in [3.63, 3.8) is 0 Å². The summed E-state index contributed by atoms with van der Waals surface area (Å²) in [4.78, 5) is 0. The topological polar surface area (TPSA) is 72.2 Å². The highest BCUT2D eigenvalue weighted by Gasteiger charge is 2.40. The van der Waals surface area contributed by atoms with Gasteiger partial charge < -0.3 is 29.4 Å². The van der Waals surface area contributed by atoms with E-state index in [1.165, 1.54) is 0 Å². The molecule has 0 saturated carbocycles. The summed E-state index contributed by atoms with van der Waals surface area (Å²) in [5, 5.41) is 0. The van der Waals surface area contributed by atoms with Crippen molar-refractivity contribution in [1.29, 1.82) is 0 Å². The van der Waals surface area contributed by atoms with Gasteiger partial charge in [0.1, 0.15) is 6.10 Å². The Bertz CT molecular complexity index is 303. The lowest BCUT2D eigenvalue weighted by Gasteiger charge is -2.42. The third kappa shape index (κ3) is 3.50. The first-order valence-electron chi connectivity index (χ1n) is 7.30. The van der Waals surface area contributed by atoms with Gasteiger partial charge in [-0.15, -0.1) is 0 Å². The summed E-state index contributed by atoms with van der Waals surface area (Å²) in [6, 6.07) is -0.127. The van der Waals surface area contributed by atoms with Gasteiger partial charge in [-0.3, -0.25) is 0 Å². The van der Waals surface area contributed by atoms with Gasteiger partial charge in [0.2, 0.25) is 0 Å².